The molecular weight excluding hydrogens is 306 g/mol. The van der Waals surface area contributed by atoms with Gasteiger partial charge in [0.2, 0.25) is 5.91 Å². The number of halogens is 1. The fraction of sp³-hybridized carbons (Fsp3) is 0.500. The van der Waals surface area contributed by atoms with Crippen LogP contribution in [0.1, 0.15) is 6.92 Å². The first-order valence-corrected chi connectivity index (χ1v) is 7.24. The third kappa shape index (κ3) is 3.55. The smallest absolute Gasteiger partial charge is 0.245 e. The van der Waals surface area contributed by atoms with Crippen LogP contribution in [0.15, 0.2) is 28.7 Å². The molecule has 1 aromatic rings. The van der Waals surface area contributed by atoms with Gasteiger partial charge in [0.15, 0.2) is 0 Å². The van der Waals surface area contributed by atoms with Crippen molar-refractivity contribution in [2.45, 2.75) is 19.0 Å². The second kappa shape index (κ2) is 6.03. The minimum Gasteiger partial charge on any atom is -0.309 e. The maximum Gasteiger partial charge on any atom is 0.245 e. The molecule has 1 amide bonds. The van der Waals surface area contributed by atoms with Crippen molar-refractivity contribution in [2.75, 3.05) is 32.1 Å². The van der Waals surface area contributed by atoms with Crippen molar-refractivity contribution in [2.24, 2.45) is 0 Å². The molecule has 0 aliphatic carbocycles. The number of nitrogens with zero attached hydrogens (tertiary/aromatic N) is 2. The number of hydrogen-bond acceptors (Lipinski definition) is 3. The number of carbonyl (C=O) groups is 1. The lowest BCUT2D eigenvalue weighted by molar-refractivity contribution is -0.122. The Bertz CT molecular complexity index is 445. The van der Waals surface area contributed by atoms with E-state index in [1.54, 1.807) is 0 Å². The zero-order chi connectivity index (χ0) is 14.0. The number of amides is 1. The molecule has 4 nitrogen and oxygen atoms in total. The molecular formula is C14H20BrN3O. The molecule has 2 atom stereocenters. The van der Waals surface area contributed by atoms with Gasteiger partial charge < -0.3 is 15.1 Å². The lowest BCUT2D eigenvalue weighted by Gasteiger charge is -2.38. The van der Waals surface area contributed by atoms with E-state index in [1.165, 1.54) is 0 Å². The van der Waals surface area contributed by atoms with E-state index in [9.17, 15) is 4.79 Å². The van der Waals surface area contributed by atoms with E-state index in [-0.39, 0.29) is 11.9 Å². The fourth-order valence-corrected chi connectivity index (χ4v) is 2.63. The van der Waals surface area contributed by atoms with Crippen LogP contribution >= 0.6 is 15.9 Å². The average Bonchev–Trinajstić information content (AvgIpc) is 2.34. The summed E-state index contributed by atoms with van der Waals surface area (Å²) in [5.41, 5.74) is 0.963. The molecule has 1 N–H and O–H groups in total. The Morgan fingerprint density at radius 3 is 2.58 bits per heavy atom. The number of carbonyl (C=O) groups excluding carboxylic acids is 1. The van der Waals surface area contributed by atoms with Crippen LogP contribution in [0.25, 0.3) is 0 Å². The summed E-state index contributed by atoms with van der Waals surface area (Å²) in [5.74, 6) is 0.147. The topological polar surface area (TPSA) is 35.6 Å². The SMILES string of the molecule is CC1CN(c2ccc(Br)cc2)C(=O)C(CN(C)C)N1. The van der Waals surface area contributed by atoms with E-state index in [2.05, 4.69) is 28.2 Å². The standard InChI is InChI=1S/C14H20BrN3O/c1-10-8-18(12-6-4-11(15)5-7-12)14(19)13(16-10)9-17(2)3/h4-7,10,13,16H,8-9H2,1-3H3. The van der Waals surface area contributed by atoms with Gasteiger partial charge in [0.05, 0.1) is 0 Å². The molecule has 5 heteroatoms. The van der Waals surface area contributed by atoms with Crippen molar-refractivity contribution in [3.8, 4) is 0 Å². The second-order valence-electron chi connectivity index (χ2n) is 5.31. The van der Waals surface area contributed by atoms with Crippen molar-refractivity contribution >= 4 is 27.5 Å². The van der Waals surface area contributed by atoms with Crippen molar-refractivity contribution < 1.29 is 4.79 Å². The Morgan fingerprint density at radius 2 is 2.00 bits per heavy atom. The maximum absolute atomic E-state index is 12.5. The summed E-state index contributed by atoms with van der Waals surface area (Å²) >= 11 is 3.42. The second-order valence-corrected chi connectivity index (χ2v) is 6.22. The minimum atomic E-state index is -0.137. The van der Waals surface area contributed by atoms with Gasteiger partial charge in [-0.15, -0.1) is 0 Å². The monoisotopic (exact) mass is 325 g/mol. The molecule has 2 rings (SSSR count). The van der Waals surface area contributed by atoms with Gasteiger partial charge in [-0.2, -0.15) is 0 Å². The molecule has 0 spiro atoms. The minimum absolute atomic E-state index is 0.137. The van der Waals surface area contributed by atoms with Crippen molar-refractivity contribution in [3.05, 3.63) is 28.7 Å². The molecule has 104 valence electrons. The summed E-state index contributed by atoms with van der Waals surface area (Å²) in [6.07, 6.45) is 0. The molecule has 1 fully saturated rings. The number of piperazine rings is 1. The summed E-state index contributed by atoms with van der Waals surface area (Å²) in [7, 11) is 3.97. The number of benzene rings is 1. The predicted octanol–water partition coefficient (Wildman–Crippen LogP) is 1.70. The molecule has 1 saturated heterocycles. The van der Waals surface area contributed by atoms with Gasteiger partial charge in [-0.05, 0) is 45.3 Å². The largest absolute Gasteiger partial charge is 0.309 e. The van der Waals surface area contributed by atoms with Crippen LogP contribution in [0.5, 0.6) is 0 Å². The quantitative estimate of drug-likeness (QED) is 0.918. The third-order valence-corrected chi connectivity index (χ3v) is 3.72. The first-order chi connectivity index (χ1) is 8.97. The lowest BCUT2D eigenvalue weighted by Crippen LogP contribution is -2.62. The van der Waals surface area contributed by atoms with Crippen LogP contribution in [0.4, 0.5) is 5.69 Å². The first-order valence-electron chi connectivity index (χ1n) is 6.45. The van der Waals surface area contributed by atoms with E-state index in [1.807, 2.05) is 48.2 Å². The van der Waals surface area contributed by atoms with Gasteiger partial charge in [0.25, 0.3) is 0 Å². The Labute approximate surface area is 122 Å². The summed E-state index contributed by atoms with van der Waals surface area (Å²) < 4.78 is 1.02. The maximum atomic E-state index is 12.5. The zero-order valence-electron chi connectivity index (χ0n) is 11.6. The number of hydrogen-bond donors (Lipinski definition) is 1. The normalized spacial score (nSPS) is 24.1. The highest BCUT2D eigenvalue weighted by Gasteiger charge is 2.32. The van der Waals surface area contributed by atoms with Gasteiger partial charge in [0, 0.05) is 29.3 Å². The van der Waals surface area contributed by atoms with Crippen LogP contribution in [0, 0.1) is 0 Å². The molecule has 0 bridgehead atoms. The number of nitrogens with one attached hydrogen (secondary N) is 1. The molecule has 1 aliphatic rings. The van der Waals surface area contributed by atoms with Crippen LogP contribution in [-0.4, -0.2) is 50.1 Å². The molecule has 1 aromatic carbocycles. The van der Waals surface area contributed by atoms with Crippen LogP contribution < -0.4 is 10.2 Å². The van der Waals surface area contributed by atoms with Gasteiger partial charge in [-0.25, -0.2) is 0 Å². The van der Waals surface area contributed by atoms with E-state index in [0.717, 1.165) is 16.7 Å². The van der Waals surface area contributed by atoms with Crippen molar-refractivity contribution in [3.63, 3.8) is 0 Å². The highest BCUT2D eigenvalue weighted by atomic mass is 79.9. The van der Waals surface area contributed by atoms with Crippen LogP contribution in [0.3, 0.4) is 0 Å². The number of likely N-dealkylation sites (N-methyl/N-ethyl adjacent to an activating group) is 1. The molecule has 0 radical (unpaired) electrons. The summed E-state index contributed by atoms with van der Waals surface area (Å²) in [6, 6.07) is 8.06. The van der Waals surface area contributed by atoms with E-state index < -0.39 is 0 Å². The number of anilines is 1. The highest BCUT2D eigenvalue weighted by molar-refractivity contribution is 9.10. The molecule has 2 unspecified atom stereocenters. The van der Waals surface area contributed by atoms with Crippen LogP contribution in [-0.2, 0) is 4.79 Å². The summed E-state index contributed by atoms with van der Waals surface area (Å²) in [4.78, 5) is 16.4. The molecule has 0 aromatic heterocycles. The molecule has 19 heavy (non-hydrogen) atoms. The zero-order valence-corrected chi connectivity index (χ0v) is 13.1. The Kier molecular flexibility index (Phi) is 4.60. The molecule has 1 heterocycles. The first kappa shape index (κ1) is 14.5. The molecule has 1 aliphatic heterocycles. The van der Waals surface area contributed by atoms with Crippen LogP contribution in [0.2, 0.25) is 0 Å². The summed E-state index contributed by atoms with van der Waals surface area (Å²) in [6.45, 7) is 3.54. The highest BCUT2D eigenvalue weighted by Crippen LogP contribution is 2.21. The Hall–Kier alpha value is -0.910. The third-order valence-electron chi connectivity index (χ3n) is 3.19. The number of rotatable bonds is 3. The lowest BCUT2D eigenvalue weighted by atomic mass is 10.1. The Balaban J connectivity index is 2.19. The van der Waals surface area contributed by atoms with E-state index in [0.29, 0.717) is 12.6 Å². The van der Waals surface area contributed by atoms with E-state index >= 15 is 0 Å². The summed E-state index contributed by atoms with van der Waals surface area (Å²) in [5, 5.41) is 3.37. The van der Waals surface area contributed by atoms with Gasteiger partial charge in [0.1, 0.15) is 6.04 Å². The molecule has 0 saturated carbocycles. The van der Waals surface area contributed by atoms with E-state index in [4.69, 9.17) is 0 Å². The van der Waals surface area contributed by atoms with Crippen molar-refractivity contribution in [1.29, 1.82) is 0 Å². The van der Waals surface area contributed by atoms with Gasteiger partial charge >= 0.3 is 0 Å². The van der Waals surface area contributed by atoms with Gasteiger partial charge in [-0.3, -0.25) is 4.79 Å². The van der Waals surface area contributed by atoms with Gasteiger partial charge in [-0.1, -0.05) is 15.9 Å². The fourth-order valence-electron chi connectivity index (χ4n) is 2.37. The average molecular weight is 326 g/mol. The predicted molar refractivity (Wildman–Crippen MR) is 81.4 cm³/mol. The van der Waals surface area contributed by atoms with Crippen molar-refractivity contribution in [1.82, 2.24) is 10.2 Å². The Morgan fingerprint density at radius 1 is 1.37 bits per heavy atom.